The highest BCUT2D eigenvalue weighted by Crippen LogP contribution is 2.23. The van der Waals surface area contributed by atoms with E-state index in [1.807, 2.05) is 0 Å². The summed E-state index contributed by atoms with van der Waals surface area (Å²) >= 11 is 6.04. The molecule has 1 N–H and O–H groups in total. The Morgan fingerprint density at radius 3 is 2.67 bits per heavy atom. The number of aryl methyl sites for hydroxylation is 1. The number of rotatable bonds is 2. The van der Waals surface area contributed by atoms with E-state index in [1.54, 1.807) is 32.2 Å². The summed E-state index contributed by atoms with van der Waals surface area (Å²) in [6.45, 7) is 1.77. The fourth-order valence-corrected chi connectivity index (χ4v) is 2.79. The largest absolute Gasteiger partial charge is 0.347 e. The van der Waals surface area contributed by atoms with Gasteiger partial charge in [-0.05, 0) is 36.8 Å². The first-order valence-electron chi connectivity index (χ1n) is 7.24. The second kappa shape index (κ2) is 6.09. The van der Waals surface area contributed by atoms with Gasteiger partial charge in [0.2, 0.25) is 5.43 Å². The Hall–Kier alpha value is -2.66. The third-order valence-corrected chi connectivity index (χ3v) is 4.32. The molecule has 0 radical (unpaired) electrons. The lowest BCUT2D eigenvalue weighted by atomic mass is 10.1. The minimum atomic E-state index is -0.563. The molecule has 6 heteroatoms. The fourth-order valence-electron chi connectivity index (χ4n) is 2.61. The number of nitrogens with zero attached hydrogens (tertiary/aromatic N) is 1. The van der Waals surface area contributed by atoms with Gasteiger partial charge < -0.3 is 9.88 Å². The van der Waals surface area contributed by atoms with Gasteiger partial charge in [-0.2, -0.15) is 0 Å². The molecule has 0 aliphatic rings. The van der Waals surface area contributed by atoms with Crippen LogP contribution in [0.4, 0.5) is 10.1 Å². The molecule has 3 rings (SSSR count). The summed E-state index contributed by atoms with van der Waals surface area (Å²) in [5.41, 5.74) is 0.817. The Labute approximate surface area is 142 Å². The second-order valence-electron chi connectivity index (χ2n) is 5.49. The molecular formula is C18H14ClFN2O2. The maximum absolute atomic E-state index is 13.9. The number of hydrogen-bond acceptors (Lipinski definition) is 2. The molecule has 0 spiro atoms. The van der Waals surface area contributed by atoms with Crippen molar-refractivity contribution >= 4 is 34.1 Å². The fraction of sp³-hybridized carbons (Fsp3) is 0.111. The Balaban J connectivity index is 2.10. The molecule has 0 unspecified atom stereocenters. The number of halogens is 2. The molecule has 2 aromatic carbocycles. The van der Waals surface area contributed by atoms with Gasteiger partial charge in [0, 0.05) is 29.3 Å². The maximum atomic E-state index is 13.9. The number of para-hydroxylation sites is 1. The standard InChI is InChI=1S/C18H14ClFN2O2/c1-10-13(19)6-4-8-15(10)21-18(24)12-9-22(2)16-11(17(12)23)5-3-7-14(16)20/h3-9H,1-2H3,(H,21,24). The zero-order valence-corrected chi connectivity index (χ0v) is 13.8. The van der Waals surface area contributed by atoms with Gasteiger partial charge in [0.15, 0.2) is 0 Å². The zero-order chi connectivity index (χ0) is 17.4. The molecule has 1 heterocycles. The normalized spacial score (nSPS) is 10.8. The van der Waals surface area contributed by atoms with Crippen molar-refractivity contribution in [2.45, 2.75) is 6.92 Å². The molecule has 3 aromatic rings. The quantitative estimate of drug-likeness (QED) is 0.766. The van der Waals surface area contributed by atoms with Gasteiger partial charge >= 0.3 is 0 Å². The SMILES string of the molecule is Cc1c(Cl)cccc1NC(=O)c1cn(C)c2c(F)cccc2c1=O. The van der Waals surface area contributed by atoms with E-state index in [1.165, 1.54) is 29.0 Å². The van der Waals surface area contributed by atoms with Crippen LogP contribution in [0.2, 0.25) is 5.02 Å². The number of hydrogen-bond donors (Lipinski definition) is 1. The molecular weight excluding hydrogens is 331 g/mol. The van der Waals surface area contributed by atoms with Crippen molar-refractivity contribution in [3.63, 3.8) is 0 Å². The number of amides is 1. The van der Waals surface area contributed by atoms with Crippen LogP contribution >= 0.6 is 11.6 Å². The molecule has 0 aliphatic heterocycles. The highest BCUT2D eigenvalue weighted by molar-refractivity contribution is 6.31. The molecule has 0 saturated heterocycles. The summed E-state index contributed by atoms with van der Waals surface area (Å²) in [6, 6.07) is 9.34. The van der Waals surface area contributed by atoms with E-state index in [2.05, 4.69) is 5.32 Å². The van der Waals surface area contributed by atoms with Gasteiger partial charge in [-0.25, -0.2) is 4.39 Å². The zero-order valence-electron chi connectivity index (χ0n) is 13.1. The number of anilines is 1. The highest BCUT2D eigenvalue weighted by atomic mass is 35.5. The first-order valence-corrected chi connectivity index (χ1v) is 7.62. The topological polar surface area (TPSA) is 51.1 Å². The number of aromatic nitrogens is 1. The molecule has 1 aromatic heterocycles. The first kappa shape index (κ1) is 16.2. The number of carbonyl (C=O) groups is 1. The maximum Gasteiger partial charge on any atom is 0.261 e. The third kappa shape index (κ3) is 2.67. The van der Waals surface area contributed by atoms with Crippen LogP contribution in [0.25, 0.3) is 10.9 Å². The van der Waals surface area contributed by atoms with Crippen LogP contribution in [-0.4, -0.2) is 10.5 Å². The smallest absolute Gasteiger partial charge is 0.261 e. The Morgan fingerprint density at radius 1 is 1.21 bits per heavy atom. The molecule has 0 saturated carbocycles. The van der Waals surface area contributed by atoms with E-state index in [0.717, 1.165) is 0 Å². The van der Waals surface area contributed by atoms with Crippen molar-refractivity contribution in [2.24, 2.45) is 7.05 Å². The van der Waals surface area contributed by atoms with Crippen molar-refractivity contribution in [3.05, 3.63) is 74.8 Å². The van der Waals surface area contributed by atoms with Crippen LogP contribution in [0.1, 0.15) is 15.9 Å². The van der Waals surface area contributed by atoms with Crippen LogP contribution < -0.4 is 10.7 Å². The lowest BCUT2D eigenvalue weighted by Crippen LogP contribution is -2.24. The Kier molecular flexibility index (Phi) is 4.11. The Morgan fingerprint density at radius 2 is 1.92 bits per heavy atom. The number of carbonyl (C=O) groups excluding carboxylic acids is 1. The van der Waals surface area contributed by atoms with Crippen LogP contribution in [0.5, 0.6) is 0 Å². The predicted molar refractivity (Wildman–Crippen MR) is 93.3 cm³/mol. The van der Waals surface area contributed by atoms with Gasteiger partial charge in [0.05, 0.1) is 5.52 Å². The molecule has 122 valence electrons. The third-order valence-electron chi connectivity index (χ3n) is 3.91. The number of fused-ring (bicyclic) bond motifs is 1. The highest BCUT2D eigenvalue weighted by Gasteiger charge is 2.17. The second-order valence-corrected chi connectivity index (χ2v) is 5.89. The molecule has 0 fully saturated rings. The van der Waals surface area contributed by atoms with Gasteiger partial charge in [-0.15, -0.1) is 0 Å². The first-order chi connectivity index (χ1) is 11.4. The minimum Gasteiger partial charge on any atom is -0.347 e. The summed E-state index contributed by atoms with van der Waals surface area (Å²) in [4.78, 5) is 25.1. The summed E-state index contributed by atoms with van der Waals surface area (Å²) in [7, 11) is 1.59. The predicted octanol–water partition coefficient (Wildman–Crippen LogP) is 3.89. The molecule has 0 bridgehead atoms. The number of pyridine rings is 1. The molecule has 1 amide bonds. The van der Waals surface area contributed by atoms with Gasteiger partial charge in [0.25, 0.3) is 5.91 Å². The average molecular weight is 345 g/mol. The Bertz CT molecular complexity index is 1030. The van der Waals surface area contributed by atoms with Crippen LogP contribution in [0.15, 0.2) is 47.4 Å². The molecule has 0 atom stereocenters. The van der Waals surface area contributed by atoms with Gasteiger partial charge in [0.1, 0.15) is 11.4 Å². The van der Waals surface area contributed by atoms with E-state index in [-0.39, 0.29) is 16.5 Å². The van der Waals surface area contributed by atoms with Crippen molar-refractivity contribution in [1.29, 1.82) is 0 Å². The lowest BCUT2D eigenvalue weighted by Gasteiger charge is -2.12. The van der Waals surface area contributed by atoms with Crippen molar-refractivity contribution < 1.29 is 9.18 Å². The average Bonchev–Trinajstić information content (AvgIpc) is 2.55. The summed E-state index contributed by atoms with van der Waals surface area (Å²) < 4.78 is 15.4. The number of nitrogens with one attached hydrogen (secondary N) is 1. The number of benzene rings is 2. The minimum absolute atomic E-state index is 0.0602. The summed E-state index contributed by atoms with van der Waals surface area (Å²) in [6.07, 6.45) is 1.34. The van der Waals surface area contributed by atoms with Gasteiger partial charge in [-0.1, -0.05) is 23.7 Å². The van der Waals surface area contributed by atoms with Gasteiger partial charge in [-0.3, -0.25) is 9.59 Å². The van der Waals surface area contributed by atoms with E-state index >= 15 is 0 Å². The summed E-state index contributed by atoms with van der Waals surface area (Å²) in [5.74, 6) is -1.07. The van der Waals surface area contributed by atoms with E-state index < -0.39 is 17.2 Å². The van der Waals surface area contributed by atoms with Crippen molar-refractivity contribution in [3.8, 4) is 0 Å². The molecule has 24 heavy (non-hydrogen) atoms. The van der Waals surface area contributed by atoms with Crippen molar-refractivity contribution in [2.75, 3.05) is 5.32 Å². The van der Waals surface area contributed by atoms with Crippen molar-refractivity contribution in [1.82, 2.24) is 4.57 Å². The van der Waals surface area contributed by atoms with E-state index in [9.17, 15) is 14.0 Å². The molecule has 0 aliphatic carbocycles. The van der Waals surface area contributed by atoms with E-state index in [0.29, 0.717) is 16.3 Å². The van der Waals surface area contributed by atoms with Crippen LogP contribution in [0, 0.1) is 12.7 Å². The lowest BCUT2D eigenvalue weighted by molar-refractivity contribution is 0.102. The summed E-state index contributed by atoms with van der Waals surface area (Å²) in [5, 5.41) is 3.36. The molecule has 4 nitrogen and oxygen atoms in total. The van der Waals surface area contributed by atoms with E-state index in [4.69, 9.17) is 11.6 Å². The monoisotopic (exact) mass is 344 g/mol. The van der Waals surface area contributed by atoms with Crippen LogP contribution in [-0.2, 0) is 7.05 Å². The van der Waals surface area contributed by atoms with Crippen LogP contribution in [0.3, 0.4) is 0 Å².